The van der Waals surface area contributed by atoms with E-state index in [0.717, 1.165) is 25.3 Å². The summed E-state index contributed by atoms with van der Waals surface area (Å²) in [5.74, 6) is 1.32. The number of carbonyl (C=O) groups excluding carboxylic acids is 1. The molecule has 2 aromatic heterocycles. The summed E-state index contributed by atoms with van der Waals surface area (Å²) in [6.07, 6.45) is 1.71. The van der Waals surface area contributed by atoms with Crippen molar-refractivity contribution in [2.24, 2.45) is 0 Å². The summed E-state index contributed by atoms with van der Waals surface area (Å²) in [6, 6.07) is 7.55. The van der Waals surface area contributed by atoms with Gasteiger partial charge in [-0.1, -0.05) is 6.07 Å². The molecular formula is C16H22N6O. The first-order valence-corrected chi connectivity index (χ1v) is 7.79. The molecular weight excluding hydrogens is 292 g/mol. The van der Waals surface area contributed by atoms with Crippen molar-refractivity contribution in [2.75, 3.05) is 32.0 Å². The van der Waals surface area contributed by atoms with Crippen LogP contribution in [0.5, 0.6) is 0 Å². The lowest BCUT2D eigenvalue weighted by atomic mass is 10.2. The minimum Gasteiger partial charge on any atom is -0.319 e. The normalized spacial score (nSPS) is 18.9. The largest absolute Gasteiger partial charge is 0.323 e. The van der Waals surface area contributed by atoms with Crippen LogP contribution in [-0.2, 0) is 0 Å². The molecule has 1 atom stereocenters. The van der Waals surface area contributed by atoms with Crippen molar-refractivity contribution < 1.29 is 4.79 Å². The number of urea groups is 1. The lowest BCUT2D eigenvalue weighted by molar-refractivity contribution is 0.125. The lowest BCUT2D eigenvalue weighted by Gasteiger charge is -2.38. The molecule has 0 saturated carbocycles. The number of anilines is 1. The quantitative estimate of drug-likeness (QED) is 0.917. The average Bonchev–Trinajstić information content (AvgIpc) is 2.88. The Kier molecular flexibility index (Phi) is 4.29. The summed E-state index contributed by atoms with van der Waals surface area (Å²) in [6.45, 7) is 6.45. The van der Waals surface area contributed by atoms with E-state index in [4.69, 9.17) is 0 Å². The molecule has 1 saturated heterocycles. The number of pyridine rings is 1. The van der Waals surface area contributed by atoms with Crippen LogP contribution in [0.4, 0.5) is 10.6 Å². The molecule has 1 N–H and O–H groups in total. The second-order valence-electron chi connectivity index (χ2n) is 6.01. The molecule has 122 valence electrons. The first kappa shape index (κ1) is 15.5. The Hall–Kier alpha value is -2.41. The number of aryl methyl sites for hydroxylation is 1. The fourth-order valence-electron chi connectivity index (χ4n) is 2.86. The predicted molar refractivity (Wildman–Crippen MR) is 88.8 cm³/mol. The number of rotatable bonds is 2. The standard InChI is InChI=1S/C16H22N6O/c1-12-10-15(22(19-12)14-6-4-5-7-17-14)18-16(23)21-9-8-20(3)11-13(21)2/h4-7,10,13H,8-9,11H2,1-3H3,(H,18,23)/t13-/m1/s1. The SMILES string of the molecule is Cc1cc(NC(=O)N2CCN(C)C[C@H]2C)n(-c2ccccn2)n1. The Labute approximate surface area is 135 Å². The van der Waals surface area contributed by atoms with Crippen molar-refractivity contribution in [3.05, 3.63) is 36.2 Å². The first-order chi connectivity index (χ1) is 11.0. The van der Waals surface area contributed by atoms with E-state index in [1.54, 1.807) is 10.9 Å². The Bertz CT molecular complexity index is 683. The third kappa shape index (κ3) is 3.34. The van der Waals surface area contributed by atoms with Gasteiger partial charge < -0.3 is 9.80 Å². The molecule has 0 spiro atoms. The summed E-state index contributed by atoms with van der Waals surface area (Å²) >= 11 is 0. The molecule has 2 amide bonds. The molecule has 0 bridgehead atoms. The third-order valence-electron chi connectivity index (χ3n) is 4.02. The van der Waals surface area contributed by atoms with E-state index in [1.807, 2.05) is 36.1 Å². The number of piperazine rings is 1. The summed E-state index contributed by atoms with van der Waals surface area (Å²) in [7, 11) is 2.07. The number of hydrogen-bond donors (Lipinski definition) is 1. The molecule has 1 fully saturated rings. The molecule has 7 nitrogen and oxygen atoms in total. The first-order valence-electron chi connectivity index (χ1n) is 7.79. The number of aromatic nitrogens is 3. The van der Waals surface area contributed by atoms with Crippen molar-refractivity contribution in [3.8, 4) is 5.82 Å². The van der Waals surface area contributed by atoms with Gasteiger partial charge in [-0.25, -0.2) is 9.78 Å². The van der Waals surface area contributed by atoms with Crippen molar-refractivity contribution >= 4 is 11.8 Å². The van der Waals surface area contributed by atoms with Crippen LogP contribution >= 0.6 is 0 Å². The smallest absolute Gasteiger partial charge is 0.319 e. The van der Waals surface area contributed by atoms with Gasteiger partial charge in [-0.2, -0.15) is 9.78 Å². The van der Waals surface area contributed by atoms with Gasteiger partial charge in [-0.3, -0.25) is 5.32 Å². The molecule has 7 heteroatoms. The number of likely N-dealkylation sites (N-methyl/N-ethyl adjacent to an activating group) is 1. The Morgan fingerprint density at radius 3 is 2.87 bits per heavy atom. The Balaban J connectivity index is 1.79. The van der Waals surface area contributed by atoms with E-state index in [0.29, 0.717) is 11.6 Å². The zero-order chi connectivity index (χ0) is 16.4. The predicted octanol–water partition coefficient (Wildman–Crippen LogP) is 1.74. The second kappa shape index (κ2) is 6.37. The minimum atomic E-state index is -0.0947. The van der Waals surface area contributed by atoms with Crippen LogP contribution in [-0.4, -0.2) is 63.3 Å². The van der Waals surface area contributed by atoms with Gasteiger partial charge >= 0.3 is 6.03 Å². The van der Waals surface area contributed by atoms with Gasteiger partial charge in [0, 0.05) is 37.9 Å². The van der Waals surface area contributed by atoms with Crippen LogP contribution < -0.4 is 5.32 Å². The highest BCUT2D eigenvalue weighted by molar-refractivity contribution is 5.89. The fourth-order valence-corrected chi connectivity index (χ4v) is 2.86. The van der Waals surface area contributed by atoms with Crippen molar-refractivity contribution in [1.82, 2.24) is 24.6 Å². The third-order valence-corrected chi connectivity index (χ3v) is 4.02. The zero-order valence-corrected chi connectivity index (χ0v) is 13.7. The van der Waals surface area contributed by atoms with E-state index >= 15 is 0 Å². The summed E-state index contributed by atoms with van der Waals surface area (Å²) < 4.78 is 1.66. The van der Waals surface area contributed by atoms with E-state index in [9.17, 15) is 4.79 Å². The molecule has 1 aliphatic rings. The van der Waals surface area contributed by atoms with Crippen LogP contribution in [0, 0.1) is 6.92 Å². The maximum Gasteiger partial charge on any atom is 0.323 e. The summed E-state index contributed by atoms with van der Waals surface area (Å²) in [5.41, 5.74) is 0.831. The van der Waals surface area contributed by atoms with Crippen LogP contribution in [0.3, 0.4) is 0 Å². The average molecular weight is 314 g/mol. The maximum absolute atomic E-state index is 12.6. The summed E-state index contributed by atoms with van der Waals surface area (Å²) in [5, 5.41) is 7.40. The topological polar surface area (TPSA) is 66.3 Å². The molecule has 0 aliphatic carbocycles. The van der Waals surface area contributed by atoms with E-state index in [1.165, 1.54) is 0 Å². The van der Waals surface area contributed by atoms with Gasteiger partial charge in [-0.05, 0) is 33.0 Å². The van der Waals surface area contributed by atoms with Gasteiger partial charge in [-0.15, -0.1) is 0 Å². The van der Waals surface area contributed by atoms with Gasteiger partial charge in [0.25, 0.3) is 0 Å². The zero-order valence-electron chi connectivity index (χ0n) is 13.7. The lowest BCUT2D eigenvalue weighted by Crippen LogP contribution is -2.54. The molecule has 0 radical (unpaired) electrons. The highest BCUT2D eigenvalue weighted by Crippen LogP contribution is 2.17. The van der Waals surface area contributed by atoms with Crippen LogP contribution in [0.2, 0.25) is 0 Å². The highest BCUT2D eigenvalue weighted by atomic mass is 16.2. The molecule has 1 aliphatic heterocycles. The number of nitrogens with zero attached hydrogens (tertiary/aromatic N) is 5. The van der Waals surface area contributed by atoms with Crippen LogP contribution in [0.25, 0.3) is 5.82 Å². The van der Waals surface area contributed by atoms with Crippen molar-refractivity contribution in [3.63, 3.8) is 0 Å². The minimum absolute atomic E-state index is 0.0947. The monoisotopic (exact) mass is 314 g/mol. The van der Waals surface area contributed by atoms with Crippen LogP contribution in [0.15, 0.2) is 30.5 Å². The maximum atomic E-state index is 12.6. The van der Waals surface area contributed by atoms with Crippen molar-refractivity contribution in [2.45, 2.75) is 19.9 Å². The number of amides is 2. The van der Waals surface area contributed by atoms with E-state index in [-0.39, 0.29) is 12.1 Å². The molecule has 3 heterocycles. The molecule has 2 aromatic rings. The van der Waals surface area contributed by atoms with Gasteiger partial charge in [0.1, 0.15) is 5.82 Å². The van der Waals surface area contributed by atoms with Crippen LogP contribution in [0.1, 0.15) is 12.6 Å². The Morgan fingerprint density at radius 2 is 2.17 bits per heavy atom. The molecule has 0 aromatic carbocycles. The second-order valence-corrected chi connectivity index (χ2v) is 6.01. The number of carbonyl (C=O) groups is 1. The molecule has 23 heavy (non-hydrogen) atoms. The number of nitrogens with one attached hydrogen (secondary N) is 1. The van der Waals surface area contributed by atoms with E-state index in [2.05, 4.69) is 34.3 Å². The van der Waals surface area contributed by atoms with Gasteiger partial charge in [0.05, 0.1) is 5.69 Å². The summed E-state index contributed by atoms with van der Waals surface area (Å²) in [4.78, 5) is 21.0. The van der Waals surface area contributed by atoms with Crippen molar-refractivity contribution in [1.29, 1.82) is 0 Å². The molecule has 3 rings (SSSR count). The Morgan fingerprint density at radius 1 is 1.35 bits per heavy atom. The fraction of sp³-hybridized carbons (Fsp3) is 0.438. The van der Waals surface area contributed by atoms with Gasteiger partial charge in [0.15, 0.2) is 5.82 Å². The number of hydrogen-bond acceptors (Lipinski definition) is 4. The van der Waals surface area contributed by atoms with Gasteiger partial charge in [0.2, 0.25) is 0 Å². The molecule has 0 unspecified atom stereocenters. The van der Waals surface area contributed by atoms with E-state index < -0.39 is 0 Å². The highest BCUT2D eigenvalue weighted by Gasteiger charge is 2.26.